The van der Waals surface area contributed by atoms with Gasteiger partial charge in [0.1, 0.15) is 30.6 Å². The highest BCUT2D eigenvalue weighted by atomic mass is 16.5. The molecule has 0 bridgehead atoms. The molecule has 0 radical (unpaired) electrons. The first-order valence-corrected chi connectivity index (χ1v) is 6.53. The highest BCUT2D eigenvalue weighted by Gasteiger charge is 2.06. The zero-order chi connectivity index (χ0) is 14.5. The number of hydrogen-bond acceptors (Lipinski definition) is 4. The maximum atomic E-state index is 10.7. The molecule has 3 aromatic rings. The Kier molecular flexibility index (Phi) is 3.78. The minimum Gasteiger partial charge on any atom is -0.487 e. The second-order valence-electron chi connectivity index (χ2n) is 4.49. The minimum atomic E-state index is 0.290. The van der Waals surface area contributed by atoms with Crippen molar-refractivity contribution in [3.05, 3.63) is 72.1 Å². The lowest BCUT2D eigenvalue weighted by atomic mass is 10.2. The van der Waals surface area contributed by atoms with Crippen LogP contribution >= 0.6 is 0 Å². The summed E-state index contributed by atoms with van der Waals surface area (Å²) in [6.45, 7) is 0.290. The fourth-order valence-corrected chi connectivity index (χ4v) is 1.92. The quantitative estimate of drug-likeness (QED) is 0.668. The maximum Gasteiger partial charge on any atom is 0.226 e. The van der Waals surface area contributed by atoms with Crippen LogP contribution in [0.5, 0.6) is 5.75 Å². The first kappa shape index (κ1) is 13.1. The normalized spacial score (nSPS) is 10.3. The molecule has 0 saturated carbocycles. The smallest absolute Gasteiger partial charge is 0.226 e. The lowest BCUT2D eigenvalue weighted by Crippen LogP contribution is -1.96. The first-order valence-electron chi connectivity index (χ1n) is 6.53. The molecule has 0 aliphatic rings. The van der Waals surface area contributed by atoms with Crippen LogP contribution in [0.25, 0.3) is 11.5 Å². The molecule has 4 heteroatoms. The largest absolute Gasteiger partial charge is 0.487 e. The third-order valence-electron chi connectivity index (χ3n) is 2.95. The van der Waals surface area contributed by atoms with Gasteiger partial charge in [0.05, 0.1) is 0 Å². The summed E-state index contributed by atoms with van der Waals surface area (Å²) >= 11 is 0. The molecule has 0 aliphatic carbocycles. The van der Waals surface area contributed by atoms with Crippen LogP contribution in [0.4, 0.5) is 0 Å². The number of aldehydes is 1. The number of aromatic nitrogens is 1. The van der Waals surface area contributed by atoms with E-state index in [0.29, 0.717) is 29.5 Å². The van der Waals surface area contributed by atoms with Crippen LogP contribution < -0.4 is 4.74 Å². The summed E-state index contributed by atoms with van der Waals surface area (Å²) in [7, 11) is 0. The summed E-state index contributed by atoms with van der Waals surface area (Å²) in [5.74, 6) is 1.19. The third-order valence-corrected chi connectivity index (χ3v) is 2.95. The summed E-state index contributed by atoms with van der Waals surface area (Å²) in [6.07, 6.45) is 2.36. The van der Waals surface area contributed by atoms with E-state index >= 15 is 0 Å². The van der Waals surface area contributed by atoms with Crippen molar-refractivity contribution in [3.8, 4) is 17.2 Å². The molecule has 1 heterocycles. The number of hydrogen-bond donors (Lipinski definition) is 0. The number of carbonyl (C=O) groups excluding carboxylic acids is 1. The van der Waals surface area contributed by atoms with Gasteiger partial charge in [-0.2, -0.15) is 0 Å². The van der Waals surface area contributed by atoms with Crippen molar-refractivity contribution in [2.24, 2.45) is 0 Å². The van der Waals surface area contributed by atoms with Gasteiger partial charge in [0.25, 0.3) is 0 Å². The highest BCUT2D eigenvalue weighted by Crippen LogP contribution is 2.19. The van der Waals surface area contributed by atoms with Crippen LogP contribution in [0.3, 0.4) is 0 Å². The van der Waals surface area contributed by atoms with Gasteiger partial charge in [-0.1, -0.05) is 30.3 Å². The number of carbonyl (C=O) groups is 1. The van der Waals surface area contributed by atoms with E-state index in [9.17, 15) is 4.79 Å². The lowest BCUT2D eigenvalue weighted by molar-refractivity contribution is 0.112. The van der Waals surface area contributed by atoms with Gasteiger partial charge in [-0.25, -0.2) is 4.98 Å². The minimum absolute atomic E-state index is 0.290. The van der Waals surface area contributed by atoms with Gasteiger partial charge in [-0.05, 0) is 24.3 Å². The van der Waals surface area contributed by atoms with Crippen LogP contribution in [0.2, 0.25) is 0 Å². The lowest BCUT2D eigenvalue weighted by Gasteiger charge is -2.03. The molecule has 0 amide bonds. The average Bonchev–Trinajstić information content (AvgIpc) is 3.03. The van der Waals surface area contributed by atoms with Crippen LogP contribution in [0.1, 0.15) is 16.1 Å². The molecule has 0 atom stereocenters. The third kappa shape index (κ3) is 3.17. The molecule has 0 fully saturated rings. The van der Waals surface area contributed by atoms with Gasteiger partial charge in [-0.15, -0.1) is 0 Å². The van der Waals surface area contributed by atoms with E-state index in [2.05, 4.69) is 4.98 Å². The Morgan fingerprint density at radius 1 is 1.10 bits per heavy atom. The fraction of sp³-hybridized carbons (Fsp3) is 0.0588. The van der Waals surface area contributed by atoms with Gasteiger partial charge in [0, 0.05) is 11.1 Å². The monoisotopic (exact) mass is 279 g/mol. The average molecular weight is 279 g/mol. The van der Waals surface area contributed by atoms with Gasteiger partial charge >= 0.3 is 0 Å². The molecule has 0 saturated heterocycles. The molecule has 0 aliphatic heterocycles. The SMILES string of the molecule is O=Cc1cccc(OCc2coc(-c3ccccc3)n2)c1. The topological polar surface area (TPSA) is 52.3 Å². The highest BCUT2D eigenvalue weighted by molar-refractivity contribution is 5.75. The predicted octanol–water partition coefficient (Wildman–Crippen LogP) is 3.73. The predicted molar refractivity (Wildman–Crippen MR) is 78.1 cm³/mol. The molecule has 2 aromatic carbocycles. The second-order valence-corrected chi connectivity index (χ2v) is 4.49. The van der Waals surface area contributed by atoms with Gasteiger partial charge < -0.3 is 9.15 Å². The van der Waals surface area contributed by atoms with E-state index in [0.717, 1.165) is 11.8 Å². The molecular formula is C17H13NO3. The molecule has 104 valence electrons. The fourth-order valence-electron chi connectivity index (χ4n) is 1.92. The van der Waals surface area contributed by atoms with Crippen LogP contribution in [-0.4, -0.2) is 11.3 Å². The molecule has 0 unspecified atom stereocenters. The number of oxazole rings is 1. The van der Waals surface area contributed by atoms with Crippen molar-refractivity contribution >= 4 is 6.29 Å². The number of benzene rings is 2. The Labute approximate surface area is 122 Å². The van der Waals surface area contributed by atoms with Crippen molar-refractivity contribution < 1.29 is 13.9 Å². The van der Waals surface area contributed by atoms with Crippen LogP contribution in [0, 0.1) is 0 Å². The molecular weight excluding hydrogens is 266 g/mol. The Morgan fingerprint density at radius 2 is 1.95 bits per heavy atom. The number of rotatable bonds is 5. The summed E-state index contributed by atoms with van der Waals surface area (Å²) in [5.41, 5.74) is 2.20. The van der Waals surface area contributed by atoms with E-state index < -0.39 is 0 Å². The van der Waals surface area contributed by atoms with E-state index in [-0.39, 0.29) is 0 Å². The number of ether oxygens (including phenoxy) is 1. The van der Waals surface area contributed by atoms with E-state index in [1.54, 1.807) is 30.5 Å². The van der Waals surface area contributed by atoms with Crippen LogP contribution in [-0.2, 0) is 6.61 Å². The van der Waals surface area contributed by atoms with E-state index in [4.69, 9.17) is 9.15 Å². The maximum absolute atomic E-state index is 10.7. The molecule has 21 heavy (non-hydrogen) atoms. The zero-order valence-electron chi connectivity index (χ0n) is 11.2. The first-order chi connectivity index (χ1) is 10.3. The van der Waals surface area contributed by atoms with Gasteiger partial charge in [0.2, 0.25) is 5.89 Å². The molecule has 4 nitrogen and oxygen atoms in total. The Hall–Kier alpha value is -2.88. The van der Waals surface area contributed by atoms with Crippen molar-refractivity contribution in [2.45, 2.75) is 6.61 Å². The second kappa shape index (κ2) is 6.05. The van der Waals surface area contributed by atoms with Crippen LogP contribution in [0.15, 0.2) is 65.3 Å². The Balaban J connectivity index is 1.69. The van der Waals surface area contributed by atoms with Gasteiger partial charge in [0.15, 0.2) is 0 Å². The Morgan fingerprint density at radius 3 is 2.76 bits per heavy atom. The Bertz CT molecular complexity index is 735. The molecule has 0 spiro atoms. The summed E-state index contributed by atoms with van der Waals surface area (Å²) in [5, 5.41) is 0. The summed E-state index contributed by atoms with van der Waals surface area (Å²) < 4.78 is 11.0. The van der Waals surface area contributed by atoms with Gasteiger partial charge in [-0.3, -0.25) is 4.79 Å². The standard InChI is InChI=1S/C17H13NO3/c19-10-13-5-4-8-16(9-13)20-11-15-12-21-17(18-15)14-6-2-1-3-7-14/h1-10,12H,11H2. The van der Waals surface area contributed by atoms with Crippen molar-refractivity contribution in [2.75, 3.05) is 0 Å². The molecule has 1 aromatic heterocycles. The number of nitrogens with zero attached hydrogens (tertiary/aromatic N) is 1. The van der Waals surface area contributed by atoms with Crippen molar-refractivity contribution in [3.63, 3.8) is 0 Å². The molecule has 3 rings (SSSR count). The summed E-state index contributed by atoms with van der Waals surface area (Å²) in [6, 6.07) is 16.7. The van der Waals surface area contributed by atoms with E-state index in [1.807, 2.05) is 30.3 Å². The van der Waals surface area contributed by atoms with E-state index in [1.165, 1.54) is 0 Å². The molecule has 0 N–H and O–H groups in total. The van der Waals surface area contributed by atoms with Crippen molar-refractivity contribution in [1.82, 2.24) is 4.98 Å². The zero-order valence-corrected chi connectivity index (χ0v) is 11.2. The summed E-state index contributed by atoms with van der Waals surface area (Å²) in [4.78, 5) is 15.1. The van der Waals surface area contributed by atoms with Crippen molar-refractivity contribution in [1.29, 1.82) is 0 Å².